The third-order valence-corrected chi connectivity index (χ3v) is 3.90. The largest absolute Gasteiger partial charge is 0.508 e. The average Bonchev–Trinajstić information content (AvgIpc) is 2.92. The van der Waals surface area contributed by atoms with Crippen LogP contribution < -0.4 is 5.32 Å². The summed E-state index contributed by atoms with van der Waals surface area (Å²) in [6, 6.07) is 7.67. The number of hydrogen-bond donors (Lipinski definition) is 2. The van der Waals surface area contributed by atoms with Gasteiger partial charge in [-0.1, -0.05) is 63.6 Å². The molecule has 4 nitrogen and oxygen atoms in total. The number of amides is 2. The number of hydrogen-bond acceptors (Lipinski definition) is 3. The summed E-state index contributed by atoms with van der Waals surface area (Å²) in [5.74, 6) is 0.156. The topological polar surface area (TPSA) is 66.4 Å². The van der Waals surface area contributed by atoms with Crippen molar-refractivity contribution in [1.82, 2.24) is 5.32 Å². The number of phenols is 1. The summed E-state index contributed by atoms with van der Waals surface area (Å²) in [7, 11) is 0. The molecule has 2 N–H and O–H groups in total. The predicted octanol–water partition coefficient (Wildman–Crippen LogP) is 4.11. The first-order valence-electron chi connectivity index (χ1n) is 8.73. The first kappa shape index (κ1) is 19.2. The van der Waals surface area contributed by atoms with Crippen molar-refractivity contribution in [3.63, 3.8) is 0 Å². The van der Waals surface area contributed by atoms with Crippen LogP contribution in [0.3, 0.4) is 0 Å². The number of rotatable bonds is 8. The highest BCUT2D eigenvalue weighted by molar-refractivity contribution is 6.01. The lowest BCUT2D eigenvalue weighted by molar-refractivity contribution is -0.124. The molecule has 0 unspecified atom stereocenters. The Balaban J connectivity index is 0.000000313. The lowest BCUT2D eigenvalue weighted by Crippen LogP contribution is -2.18. The highest BCUT2D eigenvalue weighted by Gasteiger charge is 2.15. The van der Waals surface area contributed by atoms with Crippen molar-refractivity contribution in [2.24, 2.45) is 0 Å². The molecule has 1 fully saturated rings. The van der Waals surface area contributed by atoms with E-state index < -0.39 is 0 Å². The van der Waals surface area contributed by atoms with Crippen LogP contribution in [0, 0.1) is 0 Å². The summed E-state index contributed by atoms with van der Waals surface area (Å²) in [6.45, 7) is 2.25. The molecule has 1 aromatic carbocycles. The fourth-order valence-corrected chi connectivity index (χ4v) is 2.50. The van der Waals surface area contributed by atoms with Gasteiger partial charge in [-0.05, 0) is 24.5 Å². The van der Waals surface area contributed by atoms with Gasteiger partial charge in [0.1, 0.15) is 5.75 Å². The Morgan fingerprint density at radius 1 is 0.913 bits per heavy atom. The lowest BCUT2D eigenvalue weighted by atomic mass is 10.0. The molecule has 0 saturated carbocycles. The second-order valence-corrected chi connectivity index (χ2v) is 5.97. The van der Waals surface area contributed by atoms with Gasteiger partial charge in [-0.25, -0.2) is 0 Å². The van der Waals surface area contributed by atoms with Crippen LogP contribution in [0.5, 0.6) is 5.75 Å². The number of nitrogens with one attached hydrogen (secondary N) is 1. The standard InChI is InChI=1S/C15H24O.C4H5NO2/c1-2-3-4-5-6-7-8-11-14-12-9-10-13-15(14)16;6-3-1-2-4(7)5-3/h9-10,12-13,16H,2-8,11H2,1H3;1-2H2,(H,5,6,7). The van der Waals surface area contributed by atoms with E-state index >= 15 is 0 Å². The Morgan fingerprint density at radius 2 is 1.48 bits per heavy atom. The molecule has 0 radical (unpaired) electrons. The zero-order valence-corrected chi connectivity index (χ0v) is 14.1. The molecule has 0 bridgehead atoms. The Bertz CT molecular complexity index is 471. The molecule has 1 heterocycles. The molecule has 1 saturated heterocycles. The maximum Gasteiger partial charge on any atom is 0.227 e. The minimum absolute atomic E-state index is 0.148. The Hall–Kier alpha value is -1.84. The third-order valence-electron chi connectivity index (χ3n) is 3.90. The van der Waals surface area contributed by atoms with E-state index in [2.05, 4.69) is 12.2 Å². The number of unbranched alkanes of at least 4 members (excludes halogenated alkanes) is 6. The maximum atomic E-state index is 10.1. The molecule has 4 heteroatoms. The van der Waals surface area contributed by atoms with Crippen LogP contribution >= 0.6 is 0 Å². The van der Waals surface area contributed by atoms with E-state index in [-0.39, 0.29) is 11.8 Å². The van der Waals surface area contributed by atoms with Crippen molar-refractivity contribution in [2.45, 2.75) is 71.1 Å². The number of aromatic hydroxyl groups is 1. The lowest BCUT2D eigenvalue weighted by Gasteiger charge is -2.04. The zero-order chi connectivity index (χ0) is 16.9. The second-order valence-electron chi connectivity index (χ2n) is 5.97. The van der Waals surface area contributed by atoms with E-state index in [9.17, 15) is 14.7 Å². The Kier molecular flexibility index (Phi) is 9.76. The molecule has 0 aromatic heterocycles. The van der Waals surface area contributed by atoms with Gasteiger partial charge in [0.15, 0.2) is 0 Å². The van der Waals surface area contributed by atoms with Gasteiger partial charge in [0.2, 0.25) is 11.8 Å². The fourth-order valence-electron chi connectivity index (χ4n) is 2.50. The summed E-state index contributed by atoms with van der Waals surface area (Å²) >= 11 is 0. The van der Waals surface area contributed by atoms with Crippen molar-refractivity contribution in [3.05, 3.63) is 29.8 Å². The number of para-hydroxylation sites is 1. The molecular formula is C19H29NO3. The fraction of sp³-hybridized carbons (Fsp3) is 0.579. The molecule has 2 rings (SSSR count). The predicted molar refractivity (Wildman–Crippen MR) is 92.2 cm³/mol. The molecule has 2 amide bonds. The summed E-state index contributed by atoms with van der Waals surface area (Å²) in [4.78, 5) is 20.2. The average molecular weight is 319 g/mol. The van der Waals surface area contributed by atoms with E-state index in [4.69, 9.17) is 0 Å². The molecule has 0 atom stereocenters. The van der Waals surface area contributed by atoms with Gasteiger partial charge in [0.25, 0.3) is 0 Å². The molecule has 1 aromatic rings. The summed E-state index contributed by atoms with van der Waals surface area (Å²) in [6.07, 6.45) is 11.0. The van der Waals surface area contributed by atoms with E-state index in [1.165, 1.54) is 44.9 Å². The van der Waals surface area contributed by atoms with E-state index in [1.54, 1.807) is 6.07 Å². The Morgan fingerprint density at radius 3 is 2.00 bits per heavy atom. The van der Waals surface area contributed by atoms with E-state index in [0.717, 1.165) is 12.0 Å². The van der Waals surface area contributed by atoms with Gasteiger partial charge >= 0.3 is 0 Å². The van der Waals surface area contributed by atoms with Crippen molar-refractivity contribution in [1.29, 1.82) is 0 Å². The van der Waals surface area contributed by atoms with Crippen LogP contribution in [0.2, 0.25) is 0 Å². The van der Waals surface area contributed by atoms with Gasteiger partial charge in [0.05, 0.1) is 0 Å². The van der Waals surface area contributed by atoms with Crippen LogP contribution in [-0.2, 0) is 16.0 Å². The number of carbonyl (C=O) groups is 2. The van der Waals surface area contributed by atoms with Gasteiger partial charge in [-0.2, -0.15) is 0 Å². The highest BCUT2D eigenvalue weighted by Crippen LogP contribution is 2.18. The number of benzene rings is 1. The van der Waals surface area contributed by atoms with Crippen molar-refractivity contribution < 1.29 is 14.7 Å². The Labute approximate surface area is 139 Å². The van der Waals surface area contributed by atoms with Gasteiger partial charge in [-0.3, -0.25) is 14.9 Å². The third kappa shape index (κ3) is 9.01. The SMILES string of the molecule is CCCCCCCCCc1ccccc1O.O=C1CCC(=O)N1. The normalized spacial score (nSPS) is 13.4. The number of carbonyl (C=O) groups excluding carboxylic acids is 2. The zero-order valence-electron chi connectivity index (χ0n) is 14.1. The van der Waals surface area contributed by atoms with Gasteiger partial charge < -0.3 is 5.11 Å². The van der Waals surface area contributed by atoms with Crippen molar-refractivity contribution >= 4 is 11.8 Å². The van der Waals surface area contributed by atoms with Crippen LogP contribution in [0.25, 0.3) is 0 Å². The van der Waals surface area contributed by atoms with Crippen LogP contribution in [-0.4, -0.2) is 16.9 Å². The number of phenolic OH excluding ortho intramolecular Hbond substituents is 1. The first-order chi connectivity index (χ1) is 11.1. The monoisotopic (exact) mass is 319 g/mol. The van der Waals surface area contributed by atoms with E-state index in [0.29, 0.717) is 18.6 Å². The molecule has 23 heavy (non-hydrogen) atoms. The minimum Gasteiger partial charge on any atom is -0.508 e. The van der Waals surface area contributed by atoms with Crippen molar-refractivity contribution in [3.8, 4) is 5.75 Å². The molecular weight excluding hydrogens is 290 g/mol. The van der Waals surface area contributed by atoms with Crippen molar-refractivity contribution in [2.75, 3.05) is 0 Å². The maximum absolute atomic E-state index is 10.1. The first-order valence-corrected chi connectivity index (χ1v) is 8.73. The van der Waals surface area contributed by atoms with Gasteiger partial charge in [0, 0.05) is 12.8 Å². The summed E-state index contributed by atoms with van der Waals surface area (Å²) in [5.41, 5.74) is 1.09. The molecule has 0 spiro atoms. The van der Waals surface area contributed by atoms with Gasteiger partial charge in [-0.15, -0.1) is 0 Å². The smallest absolute Gasteiger partial charge is 0.227 e. The quantitative estimate of drug-likeness (QED) is 0.560. The summed E-state index contributed by atoms with van der Waals surface area (Å²) < 4.78 is 0. The van der Waals surface area contributed by atoms with Crippen LogP contribution in [0.1, 0.15) is 70.3 Å². The highest BCUT2D eigenvalue weighted by atomic mass is 16.3. The minimum atomic E-state index is -0.148. The van der Waals surface area contributed by atoms with E-state index in [1.807, 2.05) is 18.2 Å². The molecule has 128 valence electrons. The molecule has 1 aliphatic heterocycles. The van der Waals surface area contributed by atoms with Crippen LogP contribution in [0.4, 0.5) is 0 Å². The second kappa shape index (κ2) is 11.7. The molecule has 0 aliphatic carbocycles. The van der Waals surface area contributed by atoms with Crippen LogP contribution in [0.15, 0.2) is 24.3 Å². The summed E-state index contributed by atoms with van der Waals surface area (Å²) in [5, 5.41) is 11.7. The molecule has 1 aliphatic rings. The number of aryl methyl sites for hydroxylation is 1. The number of imide groups is 1.